The van der Waals surface area contributed by atoms with E-state index in [9.17, 15) is 18.8 Å². The lowest BCUT2D eigenvalue weighted by Crippen LogP contribution is -2.44. The number of nitrogens with zero attached hydrogens (tertiary/aromatic N) is 1. The first-order valence-corrected chi connectivity index (χ1v) is 8.29. The molecule has 134 valence electrons. The fourth-order valence-electron chi connectivity index (χ4n) is 2.88. The number of ketones is 1. The third-order valence-electron chi connectivity index (χ3n) is 4.43. The number of carbonyl (C=O) groups is 3. The lowest BCUT2D eigenvalue weighted by molar-refractivity contribution is -0.141. The van der Waals surface area contributed by atoms with Crippen LogP contribution in [0.3, 0.4) is 0 Å². The molecule has 2 fully saturated rings. The number of anilines is 2. The molecule has 7 nitrogen and oxygen atoms in total. The summed E-state index contributed by atoms with van der Waals surface area (Å²) in [6, 6.07) is 2.78. The van der Waals surface area contributed by atoms with Crippen molar-refractivity contribution in [1.29, 1.82) is 0 Å². The zero-order chi connectivity index (χ0) is 18.0. The number of rotatable bonds is 7. The van der Waals surface area contributed by atoms with E-state index < -0.39 is 23.5 Å². The molecule has 25 heavy (non-hydrogen) atoms. The summed E-state index contributed by atoms with van der Waals surface area (Å²) in [6.07, 6.45) is 1.95. The summed E-state index contributed by atoms with van der Waals surface area (Å²) in [6.45, 7) is 2.74. The first-order chi connectivity index (χ1) is 12.0. The van der Waals surface area contributed by atoms with Crippen molar-refractivity contribution in [2.75, 3.05) is 36.4 Å². The number of nitrogens with one attached hydrogen (secondary N) is 2. The molecule has 0 radical (unpaired) electrons. The van der Waals surface area contributed by atoms with Crippen molar-refractivity contribution in [3.8, 4) is 0 Å². The van der Waals surface area contributed by atoms with Gasteiger partial charge in [0.15, 0.2) is 11.7 Å². The summed E-state index contributed by atoms with van der Waals surface area (Å²) in [4.78, 5) is 36.4. The van der Waals surface area contributed by atoms with Crippen molar-refractivity contribution in [3.63, 3.8) is 0 Å². The largest absolute Gasteiger partial charge is 0.480 e. The van der Waals surface area contributed by atoms with Crippen LogP contribution in [0.1, 0.15) is 23.2 Å². The van der Waals surface area contributed by atoms with Crippen LogP contribution in [0.25, 0.3) is 0 Å². The monoisotopic (exact) mass is 349 g/mol. The van der Waals surface area contributed by atoms with Crippen LogP contribution in [0.2, 0.25) is 0 Å². The van der Waals surface area contributed by atoms with Gasteiger partial charge in [-0.05, 0) is 25.0 Å². The second-order valence-electron chi connectivity index (χ2n) is 6.32. The van der Waals surface area contributed by atoms with Gasteiger partial charge in [0.05, 0.1) is 5.69 Å². The number of aliphatic carboxylic acids is 1. The molecule has 1 aliphatic heterocycles. The van der Waals surface area contributed by atoms with E-state index in [0.29, 0.717) is 24.5 Å². The highest BCUT2D eigenvalue weighted by Crippen LogP contribution is 2.33. The summed E-state index contributed by atoms with van der Waals surface area (Å²) in [5, 5.41) is 15.4. The third-order valence-corrected chi connectivity index (χ3v) is 4.43. The van der Waals surface area contributed by atoms with Crippen LogP contribution < -0.4 is 15.5 Å². The molecule has 1 saturated carbocycles. The first kappa shape index (κ1) is 17.3. The maximum absolute atomic E-state index is 14.6. The molecule has 8 heteroatoms. The van der Waals surface area contributed by atoms with Gasteiger partial charge in [0.1, 0.15) is 12.1 Å². The summed E-state index contributed by atoms with van der Waals surface area (Å²) >= 11 is 0. The molecule has 3 N–H and O–H groups in total. The molecule has 1 heterocycles. The maximum Gasteiger partial charge on any atom is 0.321 e. The number of hydrogen-bond acceptors (Lipinski definition) is 6. The number of carboxylic acids is 1. The van der Waals surface area contributed by atoms with E-state index in [4.69, 9.17) is 5.11 Å². The summed E-state index contributed by atoms with van der Waals surface area (Å²) in [5.41, 5.74) is 0.664. The van der Waals surface area contributed by atoms with Crippen molar-refractivity contribution in [1.82, 2.24) is 5.32 Å². The number of carboxylic acid groups (broad SMARTS) is 1. The first-order valence-electron chi connectivity index (χ1n) is 8.29. The molecule has 0 bridgehead atoms. The smallest absolute Gasteiger partial charge is 0.321 e. The zero-order valence-corrected chi connectivity index (χ0v) is 13.6. The van der Waals surface area contributed by atoms with Crippen LogP contribution in [0, 0.1) is 11.7 Å². The van der Waals surface area contributed by atoms with Gasteiger partial charge in [-0.2, -0.15) is 0 Å². The fourth-order valence-corrected chi connectivity index (χ4v) is 2.88. The Balaban J connectivity index is 1.98. The van der Waals surface area contributed by atoms with E-state index in [1.165, 1.54) is 0 Å². The average molecular weight is 349 g/mol. The van der Waals surface area contributed by atoms with E-state index >= 15 is 0 Å². The van der Waals surface area contributed by atoms with Crippen LogP contribution in [-0.4, -0.2) is 55.4 Å². The molecule has 2 aliphatic rings. The van der Waals surface area contributed by atoms with Crippen molar-refractivity contribution in [2.24, 2.45) is 5.92 Å². The van der Waals surface area contributed by atoms with Crippen molar-refractivity contribution < 1.29 is 23.9 Å². The summed E-state index contributed by atoms with van der Waals surface area (Å²) in [7, 11) is 0. The quantitative estimate of drug-likeness (QED) is 0.382. The molecule has 1 aromatic carbocycles. The molecule has 0 spiro atoms. The van der Waals surface area contributed by atoms with E-state index in [1.54, 1.807) is 6.07 Å². The Labute approximate surface area is 144 Å². The van der Waals surface area contributed by atoms with Gasteiger partial charge in [0.25, 0.3) is 0 Å². The van der Waals surface area contributed by atoms with Crippen LogP contribution in [-0.2, 0) is 9.59 Å². The molecule has 0 aromatic heterocycles. The van der Waals surface area contributed by atoms with Gasteiger partial charge in [0, 0.05) is 43.5 Å². The molecular weight excluding hydrogens is 329 g/mol. The third kappa shape index (κ3) is 3.79. The van der Waals surface area contributed by atoms with Gasteiger partial charge in [-0.3, -0.25) is 9.59 Å². The lowest BCUT2D eigenvalue weighted by atomic mass is 9.96. The number of benzene rings is 1. The van der Waals surface area contributed by atoms with E-state index in [-0.39, 0.29) is 17.9 Å². The second kappa shape index (κ2) is 7.18. The zero-order valence-electron chi connectivity index (χ0n) is 13.6. The van der Waals surface area contributed by atoms with E-state index in [2.05, 4.69) is 10.6 Å². The van der Waals surface area contributed by atoms with Crippen molar-refractivity contribution >= 4 is 29.4 Å². The predicted molar refractivity (Wildman–Crippen MR) is 89.6 cm³/mol. The number of aldehydes is 1. The fraction of sp³-hybridized carbons (Fsp3) is 0.471. The molecule has 1 aliphatic carbocycles. The highest BCUT2D eigenvalue weighted by atomic mass is 19.1. The van der Waals surface area contributed by atoms with Gasteiger partial charge < -0.3 is 25.4 Å². The maximum atomic E-state index is 14.6. The van der Waals surface area contributed by atoms with E-state index in [1.807, 2.05) is 4.90 Å². The molecule has 3 rings (SSSR count). The molecule has 1 atom stereocenters. The minimum Gasteiger partial charge on any atom is -0.480 e. The van der Waals surface area contributed by atoms with Gasteiger partial charge in [-0.15, -0.1) is 0 Å². The molecule has 0 amide bonds. The number of carbonyl (C=O) groups excluding carboxylic acids is 2. The average Bonchev–Trinajstić information content (AvgIpc) is 3.41. The van der Waals surface area contributed by atoms with Crippen LogP contribution in [0.5, 0.6) is 0 Å². The van der Waals surface area contributed by atoms with Crippen molar-refractivity contribution in [3.05, 3.63) is 23.5 Å². The Kier molecular flexibility index (Phi) is 4.98. The minimum absolute atomic E-state index is 0.0771. The topological polar surface area (TPSA) is 98.7 Å². The molecule has 1 unspecified atom stereocenters. The normalized spacial score (nSPS) is 18.5. The van der Waals surface area contributed by atoms with Gasteiger partial charge in [-0.1, -0.05) is 0 Å². The molecular formula is C17H20FN3O4. The standard InChI is InChI=1S/C17H20FN3O4/c18-13-7-11(16(23)12(9-22)17(24)25)14(20-10-1-2-10)8-15(13)21-5-3-19-4-6-21/h7-10,12,19-20H,1-6H2,(H,24,25). The lowest BCUT2D eigenvalue weighted by Gasteiger charge is -2.30. The predicted octanol–water partition coefficient (Wildman–Crippen LogP) is 0.892. The Morgan fingerprint density at radius 2 is 2.00 bits per heavy atom. The highest BCUT2D eigenvalue weighted by molar-refractivity contribution is 6.19. The number of piperazine rings is 1. The SMILES string of the molecule is O=CC(C(=O)O)C(=O)c1cc(F)c(N2CCNCC2)cc1NC1CC1. The number of Topliss-reactive ketones (excluding diaryl/α,β-unsaturated/α-hetero) is 1. The van der Waals surface area contributed by atoms with Crippen LogP contribution in [0.4, 0.5) is 15.8 Å². The highest BCUT2D eigenvalue weighted by Gasteiger charge is 2.32. The van der Waals surface area contributed by atoms with Crippen molar-refractivity contribution in [2.45, 2.75) is 18.9 Å². The number of halogens is 1. The Bertz CT molecular complexity index is 699. The molecule has 1 saturated heterocycles. The van der Waals surface area contributed by atoms with Crippen LogP contribution in [0.15, 0.2) is 12.1 Å². The van der Waals surface area contributed by atoms with Crippen LogP contribution >= 0.6 is 0 Å². The van der Waals surface area contributed by atoms with Gasteiger partial charge in [0.2, 0.25) is 0 Å². The Morgan fingerprint density at radius 3 is 2.56 bits per heavy atom. The van der Waals surface area contributed by atoms with E-state index in [0.717, 1.165) is 32.0 Å². The summed E-state index contributed by atoms with van der Waals surface area (Å²) in [5.74, 6) is -4.87. The minimum atomic E-state index is -1.83. The van der Waals surface area contributed by atoms with Gasteiger partial charge in [-0.25, -0.2) is 4.39 Å². The molecule has 1 aromatic rings. The summed E-state index contributed by atoms with van der Waals surface area (Å²) < 4.78 is 14.6. The van der Waals surface area contributed by atoms with Gasteiger partial charge >= 0.3 is 5.97 Å². The Morgan fingerprint density at radius 1 is 1.32 bits per heavy atom. The second-order valence-corrected chi connectivity index (χ2v) is 6.32. The number of hydrogen-bond donors (Lipinski definition) is 3. The Hall–Kier alpha value is -2.48.